The highest BCUT2D eigenvalue weighted by Gasteiger charge is 2.18. The molecule has 0 bridgehead atoms. The topological polar surface area (TPSA) is 125 Å². The Labute approximate surface area is 153 Å². The zero-order chi connectivity index (χ0) is 19.4. The molecule has 1 N–H and O–H groups in total. The number of hydrogen-bond donors (Lipinski definition) is 1. The van der Waals surface area contributed by atoms with E-state index in [0.29, 0.717) is 22.9 Å². The van der Waals surface area contributed by atoms with E-state index < -0.39 is 10.9 Å². The van der Waals surface area contributed by atoms with Crippen molar-refractivity contribution in [2.24, 2.45) is 7.05 Å². The minimum atomic E-state index is -0.491. The fourth-order valence-electron chi connectivity index (χ4n) is 2.40. The summed E-state index contributed by atoms with van der Waals surface area (Å²) in [6.45, 7) is 1.98. The maximum atomic E-state index is 12.0. The minimum Gasteiger partial charge on any atom is -0.462 e. The molecule has 0 aliphatic carbocycles. The van der Waals surface area contributed by atoms with Gasteiger partial charge in [0.1, 0.15) is 11.4 Å². The second-order valence-corrected chi connectivity index (χ2v) is 5.49. The SMILES string of the molecule is CCOC(=O)c1cnn(C)c1Nc1ccc(-c2cccc([N+](=O)[O-])c2)nn1. The third-order valence-electron chi connectivity index (χ3n) is 3.70. The number of nitro benzene ring substituents is 1. The quantitative estimate of drug-likeness (QED) is 0.400. The molecule has 0 saturated heterocycles. The standard InChI is InChI=1S/C17H16N6O4/c1-3-27-17(24)13-10-18-22(2)16(13)19-15-8-7-14(20-21-15)11-5-4-6-12(9-11)23(25)26/h4-10H,3H2,1-2H3,(H,19,21). The van der Waals surface area contributed by atoms with Crippen LogP contribution in [0.3, 0.4) is 0 Å². The maximum Gasteiger partial charge on any atom is 0.343 e. The van der Waals surface area contributed by atoms with Crippen LogP contribution in [0.15, 0.2) is 42.6 Å². The number of nitrogens with zero attached hydrogens (tertiary/aromatic N) is 5. The van der Waals surface area contributed by atoms with Crippen molar-refractivity contribution >= 4 is 23.3 Å². The smallest absolute Gasteiger partial charge is 0.343 e. The van der Waals surface area contributed by atoms with E-state index >= 15 is 0 Å². The minimum absolute atomic E-state index is 0.0227. The summed E-state index contributed by atoms with van der Waals surface area (Å²) in [4.78, 5) is 22.4. The molecule has 3 aromatic rings. The van der Waals surface area contributed by atoms with Gasteiger partial charge in [0.15, 0.2) is 5.82 Å². The van der Waals surface area contributed by atoms with Crippen LogP contribution in [0.5, 0.6) is 0 Å². The molecule has 0 aliphatic rings. The summed E-state index contributed by atoms with van der Waals surface area (Å²) in [5.41, 5.74) is 1.32. The molecule has 1 aromatic carbocycles. The lowest BCUT2D eigenvalue weighted by molar-refractivity contribution is -0.384. The number of aromatic nitrogens is 4. The highest BCUT2D eigenvalue weighted by molar-refractivity contribution is 5.95. The average molecular weight is 368 g/mol. The lowest BCUT2D eigenvalue weighted by Gasteiger charge is -2.08. The number of hydrogen-bond acceptors (Lipinski definition) is 8. The average Bonchev–Trinajstić information content (AvgIpc) is 3.03. The predicted octanol–water partition coefficient (Wildman–Crippen LogP) is 2.71. The van der Waals surface area contributed by atoms with Crippen molar-refractivity contribution in [3.63, 3.8) is 0 Å². The van der Waals surface area contributed by atoms with Gasteiger partial charge in [0.2, 0.25) is 0 Å². The second-order valence-electron chi connectivity index (χ2n) is 5.49. The molecule has 0 atom stereocenters. The highest BCUT2D eigenvalue weighted by atomic mass is 16.6. The van der Waals surface area contributed by atoms with Gasteiger partial charge >= 0.3 is 5.97 Å². The number of anilines is 2. The van der Waals surface area contributed by atoms with Crippen LogP contribution in [-0.2, 0) is 11.8 Å². The molecule has 0 saturated carbocycles. The number of ether oxygens (including phenoxy) is 1. The van der Waals surface area contributed by atoms with Gasteiger partial charge in [0.25, 0.3) is 5.69 Å². The van der Waals surface area contributed by atoms with Crippen molar-refractivity contribution in [3.8, 4) is 11.3 Å². The molecular formula is C17H16N6O4. The molecule has 138 valence electrons. The van der Waals surface area contributed by atoms with Gasteiger partial charge in [-0.3, -0.25) is 14.8 Å². The number of nitro groups is 1. The van der Waals surface area contributed by atoms with E-state index in [9.17, 15) is 14.9 Å². The number of nitrogens with one attached hydrogen (secondary N) is 1. The first-order chi connectivity index (χ1) is 13.0. The molecular weight excluding hydrogens is 352 g/mol. The second kappa shape index (κ2) is 7.60. The van der Waals surface area contributed by atoms with Crippen molar-refractivity contribution in [1.29, 1.82) is 0 Å². The lowest BCUT2D eigenvalue weighted by atomic mass is 10.1. The van der Waals surface area contributed by atoms with Gasteiger partial charge in [-0.05, 0) is 19.1 Å². The fraction of sp³-hybridized carbons (Fsp3) is 0.176. The first-order valence-electron chi connectivity index (χ1n) is 8.04. The van der Waals surface area contributed by atoms with Crippen LogP contribution in [0.2, 0.25) is 0 Å². The van der Waals surface area contributed by atoms with Gasteiger partial charge in [-0.2, -0.15) is 5.10 Å². The molecule has 0 fully saturated rings. The van der Waals surface area contributed by atoms with Crippen molar-refractivity contribution in [1.82, 2.24) is 20.0 Å². The Morgan fingerprint density at radius 1 is 1.30 bits per heavy atom. The molecule has 2 heterocycles. The van der Waals surface area contributed by atoms with E-state index in [-0.39, 0.29) is 17.9 Å². The summed E-state index contributed by atoms with van der Waals surface area (Å²) >= 11 is 0. The Balaban J connectivity index is 1.83. The van der Waals surface area contributed by atoms with Gasteiger partial charge in [0.05, 0.1) is 23.4 Å². The van der Waals surface area contributed by atoms with Gasteiger partial charge in [-0.15, -0.1) is 10.2 Å². The van der Waals surface area contributed by atoms with Gasteiger partial charge in [-0.1, -0.05) is 12.1 Å². The van der Waals surface area contributed by atoms with E-state index in [2.05, 4.69) is 20.6 Å². The third kappa shape index (κ3) is 3.89. The lowest BCUT2D eigenvalue weighted by Crippen LogP contribution is -2.09. The number of non-ortho nitro benzene ring substituents is 1. The summed E-state index contributed by atoms with van der Waals surface area (Å²) in [6.07, 6.45) is 1.41. The van der Waals surface area contributed by atoms with Crippen molar-refractivity contribution in [3.05, 3.63) is 58.3 Å². The monoisotopic (exact) mass is 368 g/mol. The van der Waals surface area contributed by atoms with Crippen LogP contribution >= 0.6 is 0 Å². The van der Waals surface area contributed by atoms with E-state index in [4.69, 9.17) is 4.74 Å². The Morgan fingerprint density at radius 2 is 2.11 bits per heavy atom. The molecule has 27 heavy (non-hydrogen) atoms. The van der Waals surface area contributed by atoms with Gasteiger partial charge < -0.3 is 10.1 Å². The highest BCUT2D eigenvalue weighted by Crippen LogP contribution is 2.24. The van der Waals surface area contributed by atoms with Gasteiger partial charge in [0, 0.05) is 24.7 Å². The van der Waals surface area contributed by atoms with E-state index in [1.807, 2.05) is 0 Å². The Morgan fingerprint density at radius 3 is 2.78 bits per heavy atom. The molecule has 0 aliphatic heterocycles. The molecule has 0 spiro atoms. The van der Waals surface area contributed by atoms with Crippen LogP contribution in [0.25, 0.3) is 11.3 Å². The van der Waals surface area contributed by atoms with Crippen LogP contribution in [-0.4, -0.2) is 37.5 Å². The zero-order valence-corrected chi connectivity index (χ0v) is 14.6. The normalized spacial score (nSPS) is 10.4. The fourth-order valence-corrected chi connectivity index (χ4v) is 2.40. The molecule has 2 aromatic heterocycles. The van der Waals surface area contributed by atoms with Crippen LogP contribution in [0.1, 0.15) is 17.3 Å². The summed E-state index contributed by atoms with van der Waals surface area (Å²) in [5.74, 6) is 0.318. The Kier molecular flexibility index (Phi) is 5.06. The first kappa shape index (κ1) is 18.0. The van der Waals surface area contributed by atoms with E-state index in [1.54, 1.807) is 38.2 Å². The predicted molar refractivity (Wildman–Crippen MR) is 96.6 cm³/mol. The summed E-state index contributed by atoms with van der Waals surface area (Å²) in [7, 11) is 1.68. The summed E-state index contributed by atoms with van der Waals surface area (Å²) in [6, 6.07) is 9.47. The Hall–Kier alpha value is -3.82. The number of carbonyl (C=O) groups excluding carboxylic acids is 1. The largest absolute Gasteiger partial charge is 0.462 e. The van der Waals surface area contributed by atoms with Gasteiger partial charge in [-0.25, -0.2) is 4.79 Å². The summed E-state index contributed by atoms with van der Waals surface area (Å²) in [5, 5.41) is 26.1. The maximum absolute atomic E-state index is 12.0. The number of aryl methyl sites for hydroxylation is 1. The van der Waals surface area contributed by atoms with Crippen molar-refractivity contribution in [2.45, 2.75) is 6.92 Å². The molecule has 3 rings (SSSR count). The summed E-state index contributed by atoms with van der Waals surface area (Å²) < 4.78 is 6.49. The Bertz CT molecular complexity index is 983. The van der Waals surface area contributed by atoms with Crippen LogP contribution in [0, 0.1) is 10.1 Å². The van der Waals surface area contributed by atoms with Crippen molar-refractivity contribution in [2.75, 3.05) is 11.9 Å². The third-order valence-corrected chi connectivity index (χ3v) is 3.70. The number of carbonyl (C=O) groups is 1. The van der Waals surface area contributed by atoms with E-state index in [1.165, 1.54) is 23.0 Å². The number of esters is 1. The van der Waals surface area contributed by atoms with E-state index in [0.717, 1.165) is 0 Å². The molecule has 0 unspecified atom stereocenters. The molecule has 10 heteroatoms. The van der Waals surface area contributed by atoms with Crippen molar-refractivity contribution < 1.29 is 14.5 Å². The number of benzene rings is 1. The van der Waals surface area contributed by atoms with Crippen LogP contribution in [0.4, 0.5) is 17.3 Å². The van der Waals surface area contributed by atoms with Crippen LogP contribution < -0.4 is 5.32 Å². The molecule has 0 radical (unpaired) electrons. The first-order valence-corrected chi connectivity index (χ1v) is 8.04. The zero-order valence-electron chi connectivity index (χ0n) is 14.6. The molecule has 10 nitrogen and oxygen atoms in total. The molecule has 0 amide bonds. The number of rotatable bonds is 6.